The fourth-order valence-corrected chi connectivity index (χ4v) is 2.52. The number of hydrogen-bond donors (Lipinski definition) is 2. The van der Waals surface area contributed by atoms with Gasteiger partial charge in [-0.3, -0.25) is 5.10 Å². The minimum absolute atomic E-state index is 0.571. The highest BCUT2D eigenvalue weighted by molar-refractivity contribution is 5.52. The van der Waals surface area contributed by atoms with Crippen LogP contribution in [0.3, 0.4) is 0 Å². The summed E-state index contributed by atoms with van der Waals surface area (Å²) in [6.45, 7) is 0. The summed E-state index contributed by atoms with van der Waals surface area (Å²) in [7, 11) is 3.76. The number of hydrogen-bond acceptors (Lipinski definition) is 6. The molecule has 0 spiro atoms. The Labute approximate surface area is 117 Å². The van der Waals surface area contributed by atoms with Crippen molar-refractivity contribution in [2.75, 3.05) is 24.3 Å². The highest BCUT2D eigenvalue weighted by Crippen LogP contribution is 2.33. The molecule has 7 heteroatoms. The quantitative estimate of drug-likeness (QED) is 0.887. The monoisotopic (exact) mass is 273 g/mol. The third-order valence-corrected chi connectivity index (χ3v) is 3.60. The molecule has 0 saturated heterocycles. The van der Waals surface area contributed by atoms with E-state index in [-0.39, 0.29) is 0 Å². The zero-order chi connectivity index (χ0) is 13.9. The van der Waals surface area contributed by atoms with Crippen molar-refractivity contribution in [2.45, 2.75) is 31.6 Å². The molecule has 2 N–H and O–H groups in total. The summed E-state index contributed by atoms with van der Waals surface area (Å²) < 4.78 is 0. The molecule has 106 valence electrons. The molecule has 2 aromatic heterocycles. The number of nitrogens with one attached hydrogen (secondary N) is 2. The van der Waals surface area contributed by atoms with Gasteiger partial charge in [0, 0.05) is 31.8 Å². The van der Waals surface area contributed by atoms with Crippen molar-refractivity contribution in [1.29, 1.82) is 0 Å². The normalized spacial score (nSPS) is 15.5. The van der Waals surface area contributed by atoms with Gasteiger partial charge in [0.15, 0.2) is 11.6 Å². The van der Waals surface area contributed by atoms with Crippen molar-refractivity contribution in [2.24, 2.45) is 0 Å². The van der Waals surface area contributed by atoms with Crippen LogP contribution in [0.1, 0.15) is 37.3 Å². The first-order chi connectivity index (χ1) is 9.72. The molecule has 1 aliphatic carbocycles. The van der Waals surface area contributed by atoms with Crippen molar-refractivity contribution < 1.29 is 0 Å². The van der Waals surface area contributed by atoms with Crippen molar-refractivity contribution in [3.63, 3.8) is 0 Å². The summed E-state index contributed by atoms with van der Waals surface area (Å²) >= 11 is 0. The fraction of sp³-hybridized carbons (Fsp3) is 0.538. The number of nitrogens with zero attached hydrogens (tertiary/aromatic N) is 5. The Hall–Kier alpha value is -2.18. The third-order valence-electron chi connectivity index (χ3n) is 3.60. The first-order valence-electron chi connectivity index (χ1n) is 6.92. The Kier molecular flexibility index (Phi) is 3.49. The van der Waals surface area contributed by atoms with Crippen LogP contribution in [-0.2, 0) is 0 Å². The van der Waals surface area contributed by atoms with Gasteiger partial charge in [0.05, 0.1) is 6.20 Å². The Morgan fingerprint density at radius 2 is 2.05 bits per heavy atom. The predicted octanol–water partition coefficient (Wildman–Crippen LogP) is 2.06. The summed E-state index contributed by atoms with van der Waals surface area (Å²) in [4.78, 5) is 6.17. The van der Waals surface area contributed by atoms with E-state index in [0.29, 0.717) is 17.7 Å². The van der Waals surface area contributed by atoms with Gasteiger partial charge in [-0.2, -0.15) is 15.2 Å². The van der Waals surface area contributed by atoms with Crippen molar-refractivity contribution in [3.05, 3.63) is 18.0 Å². The van der Waals surface area contributed by atoms with Gasteiger partial charge in [0.25, 0.3) is 0 Å². The van der Waals surface area contributed by atoms with Gasteiger partial charge in [-0.25, -0.2) is 0 Å². The first kappa shape index (κ1) is 12.8. The van der Waals surface area contributed by atoms with E-state index < -0.39 is 0 Å². The van der Waals surface area contributed by atoms with Crippen molar-refractivity contribution in [3.8, 4) is 0 Å². The summed E-state index contributed by atoms with van der Waals surface area (Å²) in [6.07, 6.45) is 6.73. The molecule has 0 unspecified atom stereocenters. The Morgan fingerprint density at radius 1 is 1.25 bits per heavy atom. The Bertz CT molecular complexity index is 572. The molecule has 1 fully saturated rings. The molecule has 0 aliphatic heterocycles. The minimum atomic E-state index is 0.571. The molecule has 1 saturated carbocycles. The summed E-state index contributed by atoms with van der Waals surface area (Å²) in [6, 6.07) is 2.06. The SMILES string of the molecule is CN(C)c1nncc(Nc2cc(C3CCCC3)[nH]n2)n1. The van der Waals surface area contributed by atoms with Crippen LogP contribution < -0.4 is 10.2 Å². The molecule has 0 radical (unpaired) electrons. The van der Waals surface area contributed by atoms with E-state index >= 15 is 0 Å². The molecule has 20 heavy (non-hydrogen) atoms. The number of rotatable bonds is 4. The third kappa shape index (κ3) is 2.71. The van der Waals surface area contributed by atoms with Crippen LogP contribution in [0.5, 0.6) is 0 Å². The maximum absolute atomic E-state index is 4.36. The maximum atomic E-state index is 4.36. The molecular weight excluding hydrogens is 254 g/mol. The van der Waals surface area contributed by atoms with Gasteiger partial charge in [-0.15, -0.1) is 5.10 Å². The average Bonchev–Trinajstić information content (AvgIpc) is 3.09. The highest BCUT2D eigenvalue weighted by Gasteiger charge is 2.19. The predicted molar refractivity (Wildman–Crippen MR) is 77.2 cm³/mol. The van der Waals surface area contributed by atoms with E-state index in [1.165, 1.54) is 31.4 Å². The largest absolute Gasteiger partial charge is 0.346 e. The number of anilines is 3. The van der Waals surface area contributed by atoms with Gasteiger partial charge < -0.3 is 10.2 Å². The van der Waals surface area contributed by atoms with E-state index in [1.807, 2.05) is 19.0 Å². The van der Waals surface area contributed by atoms with E-state index in [1.54, 1.807) is 6.20 Å². The van der Waals surface area contributed by atoms with Crippen LogP contribution in [0.25, 0.3) is 0 Å². The zero-order valence-corrected chi connectivity index (χ0v) is 11.8. The van der Waals surface area contributed by atoms with Crippen LogP contribution in [-0.4, -0.2) is 39.5 Å². The molecule has 2 heterocycles. The number of H-pyrrole nitrogens is 1. The van der Waals surface area contributed by atoms with Gasteiger partial charge in [0.2, 0.25) is 5.95 Å². The van der Waals surface area contributed by atoms with Crippen LogP contribution in [0, 0.1) is 0 Å². The summed E-state index contributed by atoms with van der Waals surface area (Å²) in [5.74, 6) is 2.62. The Morgan fingerprint density at radius 3 is 2.80 bits per heavy atom. The molecule has 1 aliphatic rings. The second-order valence-electron chi connectivity index (χ2n) is 5.35. The van der Waals surface area contributed by atoms with E-state index in [0.717, 1.165) is 5.82 Å². The van der Waals surface area contributed by atoms with Crippen LogP contribution in [0.15, 0.2) is 12.3 Å². The minimum Gasteiger partial charge on any atom is -0.346 e. The lowest BCUT2D eigenvalue weighted by atomic mass is 10.0. The van der Waals surface area contributed by atoms with Crippen LogP contribution in [0.4, 0.5) is 17.6 Å². The summed E-state index contributed by atoms with van der Waals surface area (Å²) in [5, 5.41) is 18.4. The van der Waals surface area contributed by atoms with Crippen molar-refractivity contribution >= 4 is 17.6 Å². The van der Waals surface area contributed by atoms with Crippen LogP contribution >= 0.6 is 0 Å². The smallest absolute Gasteiger partial charge is 0.246 e. The molecule has 7 nitrogen and oxygen atoms in total. The first-order valence-corrected chi connectivity index (χ1v) is 6.92. The molecule has 2 aromatic rings. The average molecular weight is 273 g/mol. The summed E-state index contributed by atoms with van der Waals surface area (Å²) in [5.41, 5.74) is 1.21. The van der Waals surface area contributed by atoms with Gasteiger partial charge in [-0.05, 0) is 12.8 Å². The number of aromatic nitrogens is 5. The molecule has 0 aromatic carbocycles. The zero-order valence-electron chi connectivity index (χ0n) is 11.8. The topological polar surface area (TPSA) is 82.6 Å². The van der Waals surface area contributed by atoms with Gasteiger partial charge >= 0.3 is 0 Å². The Balaban J connectivity index is 1.72. The molecule has 0 amide bonds. The molecular formula is C13H19N7. The van der Waals surface area contributed by atoms with E-state index in [9.17, 15) is 0 Å². The van der Waals surface area contributed by atoms with Gasteiger partial charge in [0.1, 0.15) is 0 Å². The lowest BCUT2D eigenvalue weighted by Gasteiger charge is -2.09. The lowest BCUT2D eigenvalue weighted by molar-refractivity contribution is 0.693. The van der Waals surface area contributed by atoms with Crippen LogP contribution in [0.2, 0.25) is 0 Å². The molecule has 0 atom stereocenters. The maximum Gasteiger partial charge on any atom is 0.246 e. The van der Waals surface area contributed by atoms with Crippen molar-refractivity contribution in [1.82, 2.24) is 25.4 Å². The second kappa shape index (κ2) is 5.44. The van der Waals surface area contributed by atoms with E-state index in [2.05, 4.69) is 36.8 Å². The number of aromatic amines is 1. The van der Waals surface area contributed by atoms with E-state index in [4.69, 9.17) is 0 Å². The second-order valence-corrected chi connectivity index (χ2v) is 5.35. The lowest BCUT2D eigenvalue weighted by Crippen LogP contribution is -2.14. The highest BCUT2D eigenvalue weighted by atomic mass is 15.3. The fourth-order valence-electron chi connectivity index (χ4n) is 2.52. The molecule has 0 bridgehead atoms. The molecule has 3 rings (SSSR count). The standard InChI is InChI=1S/C13H19N7/c1-20(2)13-16-12(8-14-19-13)15-11-7-10(17-18-11)9-5-3-4-6-9/h7-9H,3-6H2,1-2H3,(H2,15,16,17,18,19). The van der Waals surface area contributed by atoms with Gasteiger partial charge in [-0.1, -0.05) is 12.8 Å².